The fourth-order valence-corrected chi connectivity index (χ4v) is 1.32. The van der Waals surface area contributed by atoms with Gasteiger partial charge in [-0.05, 0) is 6.42 Å². The molecule has 0 amide bonds. The third-order valence-corrected chi connectivity index (χ3v) is 2.33. The predicted octanol–water partition coefficient (Wildman–Crippen LogP) is 0.0222. The minimum Gasteiger partial charge on any atom is -0.394 e. The second kappa shape index (κ2) is 8.12. The van der Waals surface area contributed by atoms with E-state index in [0.717, 1.165) is 19.5 Å². The van der Waals surface area contributed by atoms with Crippen LogP contribution in [-0.2, 0) is 4.74 Å². The van der Waals surface area contributed by atoms with E-state index in [0.29, 0.717) is 19.2 Å². The Morgan fingerprint density at radius 2 is 2.13 bits per heavy atom. The highest BCUT2D eigenvalue weighted by Crippen LogP contribution is 2.00. The van der Waals surface area contributed by atoms with Gasteiger partial charge >= 0.3 is 0 Å². The Morgan fingerprint density at radius 1 is 1.53 bits per heavy atom. The van der Waals surface area contributed by atoms with Crippen molar-refractivity contribution < 1.29 is 9.84 Å². The van der Waals surface area contributed by atoms with E-state index in [1.54, 1.807) is 0 Å². The highest BCUT2D eigenvalue weighted by atomic mass is 127. The third-order valence-electron chi connectivity index (χ3n) is 2.33. The van der Waals surface area contributed by atoms with E-state index in [4.69, 9.17) is 15.6 Å². The summed E-state index contributed by atoms with van der Waals surface area (Å²) in [5, 5.41) is 8.97. The van der Waals surface area contributed by atoms with Gasteiger partial charge in [0.25, 0.3) is 0 Å². The first-order valence-corrected chi connectivity index (χ1v) is 5.04. The molecule has 1 fully saturated rings. The van der Waals surface area contributed by atoms with E-state index in [1.807, 2.05) is 11.8 Å². The number of rotatable bonds is 3. The quantitative estimate of drug-likeness (QED) is 0.435. The SMILES string of the molecule is CC[C@H](CO)N=C(N)N1CCOCC1.I. The van der Waals surface area contributed by atoms with Crippen LogP contribution in [0.1, 0.15) is 13.3 Å². The summed E-state index contributed by atoms with van der Waals surface area (Å²) < 4.78 is 5.21. The Morgan fingerprint density at radius 3 is 2.60 bits per heavy atom. The molecule has 15 heavy (non-hydrogen) atoms. The number of nitrogens with zero attached hydrogens (tertiary/aromatic N) is 2. The summed E-state index contributed by atoms with van der Waals surface area (Å²) in [6.07, 6.45) is 0.807. The van der Waals surface area contributed by atoms with Crippen LogP contribution in [0.4, 0.5) is 0 Å². The van der Waals surface area contributed by atoms with Gasteiger partial charge < -0.3 is 20.5 Å². The Bertz CT molecular complexity index is 192. The Kier molecular flexibility index (Phi) is 8.07. The summed E-state index contributed by atoms with van der Waals surface area (Å²) in [6.45, 7) is 5.02. The molecule has 1 atom stereocenters. The minimum atomic E-state index is -0.0714. The van der Waals surface area contributed by atoms with Gasteiger partial charge in [0.05, 0.1) is 25.9 Å². The number of guanidine groups is 1. The molecule has 1 saturated heterocycles. The number of aliphatic hydroxyl groups is 1. The second-order valence-corrected chi connectivity index (χ2v) is 3.33. The highest BCUT2D eigenvalue weighted by Gasteiger charge is 2.13. The van der Waals surface area contributed by atoms with Gasteiger partial charge in [-0.15, -0.1) is 24.0 Å². The van der Waals surface area contributed by atoms with Crippen molar-refractivity contribution >= 4 is 29.9 Å². The van der Waals surface area contributed by atoms with E-state index in [2.05, 4.69) is 4.99 Å². The molecule has 0 aromatic heterocycles. The van der Waals surface area contributed by atoms with Crippen LogP contribution in [0.5, 0.6) is 0 Å². The Labute approximate surface area is 108 Å². The van der Waals surface area contributed by atoms with Crippen LogP contribution in [0.25, 0.3) is 0 Å². The summed E-state index contributed by atoms with van der Waals surface area (Å²) in [5.41, 5.74) is 5.81. The molecule has 0 aromatic carbocycles. The summed E-state index contributed by atoms with van der Waals surface area (Å²) in [5.74, 6) is 0.522. The maximum absolute atomic E-state index is 8.97. The van der Waals surface area contributed by atoms with Crippen molar-refractivity contribution in [3.05, 3.63) is 0 Å². The molecule has 0 spiro atoms. The average Bonchev–Trinajstić information content (AvgIpc) is 2.26. The lowest BCUT2D eigenvalue weighted by Crippen LogP contribution is -2.45. The van der Waals surface area contributed by atoms with Crippen molar-refractivity contribution in [1.29, 1.82) is 0 Å². The number of halogens is 1. The molecule has 1 rings (SSSR count). The molecule has 1 heterocycles. The molecular formula is C9H20IN3O2. The molecule has 3 N–H and O–H groups in total. The summed E-state index contributed by atoms with van der Waals surface area (Å²) in [4.78, 5) is 6.24. The first-order valence-electron chi connectivity index (χ1n) is 5.04. The molecule has 6 heteroatoms. The molecule has 0 saturated carbocycles. The Balaban J connectivity index is 0.00000196. The van der Waals surface area contributed by atoms with Crippen molar-refractivity contribution in [3.8, 4) is 0 Å². The molecule has 0 bridgehead atoms. The van der Waals surface area contributed by atoms with Crippen LogP contribution in [0.15, 0.2) is 4.99 Å². The van der Waals surface area contributed by atoms with E-state index in [9.17, 15) is 0 Å². The largest absolute Gasteiger partial charge is 0.394 e. The number of morpholine rings is 1. The molecular weight excluding hydrogens is 309 g/mol. The normalized spacial score (nSPS) is 19.6. The van der Waals surface area contributed by atoms with E-state index < -0.39 is 0 Å². The number of hydrogen-bond acceptors (Lipinski definition) is 3. The maximum Gasteiger partial charge on any atom is 0.191 e. The van der Waals surface area contributed by atoms with Gasteiger partial charge in [0.15, 0.2) is 5.96 Å². The molecule has 5 nitrogen and oxygen atoms in total. The van der Waals surface area contributed by atoms with Gasteiger partial charge in [0.1, 0.15) is 0 Å². The fraction of sp³-hybridized carbons (Fsp3) is 0.889. The predicted molar refractivity (Wildman–Crippen MR) is 70.6 cm³/mol. The zero-order chi connectivity index (χ0) is 10.4. The maximum atomic E-state index is 8.97. The number of hydrogen-bond donors (Lipinski definition) is 2. The van der Waals surface area contributed by atoms with E-state index in [1.165, 1.54) is 0 Å². The smallest absolute Gasteiger partial charge is 0.191 e. The topological polar surface area (TPSA) is 71.1 Å². The van der Waals surface area contributed by atoms with Crippen LogP contribution >= 0.6 is 24.0 Å². The van der Waals surface area contributed by atoms with Crippen LogP contribution in [-0.4, -0.2) is 54.9 Å². The van der Waals surface area contributed by atoms with Crippen LogP contribution in [0, 0.1) is 0 Å². The van der Waals surface area contributed by atoms with E-state index in [-0.39, 0.29) is 36.6 Å². The number of aliphatic imine (C=N–C) groups is 1. The van der Waals surface area contributed by atoms with Gasteiger partial charge in [0, 0.05) is 13.1 Å². The number of ether oxygens (including phenoxy) is 1. The second-order valence-electron chi connectivity index (χ2n) is 3.33. The lowest BCUT2D eigenvalue weighted by Gasteiger charge is -2.28. The highest BCUT2D eigenvalue weighted by molar-refractivity contribution is 14.0. The van der Waals surface area contributed by atoms with Crippen LogP contribution in [0.2, 0.25) is 0 Å². The van der Waals surface area contributed by atoms with Gasteiger partial charge in [-0.1, -0.05) is 6.92 Å². The fourth-order valence-electron chi connectivity index (χ4n) is 1.32. The summed E-state index contributed by atoms with van der Waals surface area (Å²) in [6, 6.07) is -0.0714. The zero-order valence-corrected chi connectivity index (χ0v) is 11.4. The van der Waals surface area contributed by atoms with Crippen molar-refractivity contribution in [2.45, 2.75) is 19.4 Å². The standard InChI is InChI=1S/C9H19N3O2.HI/c1-2-8(7-13)11-9(10)12-3-5-14-6-4-12;/h8,13H,2-7H2,1H3,(H2,10,11);1H/t8-;/m1./s1. The summed E-state index contributed by atoms with van der Waals surface area (Å²) in [7, 11) is 0. The van der Waals surface area contributed by atoms with Gasteiger partial charge in [-0.2, -0.15) is 0 Å². The first-order chi connectivity index (χ1) is 6.77. The third kappa shape index (κ3) is 4.98. The molecule has 1 aliphatic rings. The monoisotopic (exact) mass is 329 g/mol. The van der Waals surface area contributed by atoms with Gasteiger partial charge in [-0.3, -0.25) is 0 Å². The van der Waals surface area contributed by atoms with E-state index >= 15 is 0 Å². The van der Waals surface area contributed by atoms with Crippen molar-refractivity contribution in [2.75, 3.05) is 32.9 Å². The van der Waals surface area contributed by atoms with Crippen molar-refractivity contribution in [3.63, 3.8) is 0 Å². The first kappa shape index (κ1) is 14.9. The van der Waals surface area contributed by atoms with Crippen LogP contribution in [0.3, 0.4) is 0 Å². The molecule has 90 valence electrons. The molecule has 0 unspecified atom stereocenters. The van der Waals surface area contributed by atoms with Gasteiger partial charge in [-0.25, -0.2) is 4.99 Å². The number of nitrogens with two attached hydrogens (primary N) is 1. The molecule has 1 aliphatic heterocycles. The lowest BCUT2D eigenvalue weighted by molar-refractivity contribution is 0.0672. The molecule has 0 aromatic rings. The average molecular weight is 329 g/mol. The molecule has 0 radical (unpaired) electrons. The summed E-state index contributed by atoms with van der Waals surface area (Å²) >= 11 is 0. The minimum absolute atomic E-state index is 0. The molecule has 0 aliphatic carbocycles. The number of aliphatic hydroxyl groups excluding tert-OH is 1. The van der Waals surface area contributed by atoms with Crippen molar-refractivity contribution in [1.82, 2.24) is 4.90 Å². The Hall–Kier alpha value is -0.0800. The zero-order valence-electron chi connectivity index (χ0n) is 9.06. The lowest BCUT2D eigenvalue weighted by atomic mass is 10.2. The van der Waals surface area contributed by atoms with Crippen molar-refractivity contribution in [2.24, 2.45) is 10.7 Å². The van der Waals surface area contributed by atoms with Crippen LogP contribution < -0.4 is 5.73 Å². The van der Waals surface area contributed by atoms with Gasteiger partial charge in [0.2, 0.25) is 0 Å².